The van der Waals surface area contributed by atoms with Crippen LogP contribution in [-0.2, 0) is 0 Å². The third kappa shape index (κ3) is 8.38. The number of methoxy groups -OCH3 is 1. The van der Waals surface area contributed by atoms with E-state index in [0.29, 0.717) is 5.75 Å². The Kier molecular flexibility index (Phi) is 8.41. The highest BCUT2D eigenvalue weighted by Gasteiger charge is 2.12. The van der Waals surface area contributed by atoms with Crippen LogP contribution in [0.15, 0.2) is 48.6 Å². The summed E-state index contributed by atoms with van der Waals surface area (Å²) >= 11 is 0. The Balaban J connectivity index is 0.000000367. The van der Waals surface area contributed by atoms with Crippen LogP contribution in [0.4, 0.5) is 0 Å². The lowest BCUT2D eigenvalue weighted by Crippen LogP contribution is -2.19. The Labute approximate surface area is 122 Å². The standard InChI is InChI=1S/C10H18O.C7H8O2/c1-5-10(4,11)8-6-7-9(2)3;1-9-7-5-3-2-4-6(7)8/h5,7,11H,1,6,8H2,2-4H3;2-5,8H,1H3. The third-order valence-electron chi connectivity index (χ3n) is 2.73. The van der Waals surface area contributed by atoms with Gasteiger partial charge in [0, 0.05) is 0 Å². The molecule has 1 aromatic carbocycles. The molecule has 0 aliphatic heterocycles. The number of rotatable bonds is 5. The second-order valence-corrected chi connectivity index (χ2v) is 5.05. The molecule has 0 aliphatic carbocycles. The first-order valence-electron chi connectivity index (χ1n) is 6.63. The average Bonchev–Trinajstić information content (AvgIpc) is 2.39. The molecule has 3 heteroatoms. The van der Waals surface area contributed by atoms with E-state index in [1.54, 1.807) is 37.3 Å². The highest BCUT2D eigenvalue weighted by atomic mass is 16.5. The molecule has 0 heterocycles. The van der Waals surface area contributed by atoms with E-state index in [1.807, 2.05) is 0 Å². The largest absolute Gasteiger partial charge is 0.504 e. The summed E-state index contributed by atoms with van der Waals surface area (Å²) in [6.07, 6.45) is 5.38. The molecular weight excluding hydrogens is 252 g/mol. The average molecular weight is 278 g/mol. The lowest BCUT2D eigenvalue weighted by molar-refractivity contribution is 0.103. The van der Waals surface area contributed by atoms with E-state index < -0.39 is 5.60 Å². The van der Waals surface area contributed by atoms with Gasteiger partial charge in [0.05, 0.1) is 12.7 Å². The zero-order valence-electron chi connectivity index (χ0n) is 12.9. The van der Waals surface area contributed by atoms with E-state index in [1.165, 1.54) is 12.7 Å². The molecule has 112 valence electrons. The maximum atomic E-state index is 9.49. The van der Waals surface area contributed by atoms with Gasteiger partial charge in [-0.1, -0.05) is 29.9 Å². The predicted molar refractivity (Wildman–Crippen MR) is 84.1 cm³/mol. The summed E-state index contributed by atoms with van der Waals surface area (Å²) in [4.78, 5) is 0. The van der Waals surface area contributed by atoms with Crippen LogP contribution in [0.1, 0.15) is 33.6 Å². The molecule has 0 amide bonds. The topological polar surface area (TPSA) is 49.7 Å². The number of ether oxygens (including phenoxy) is 1. The van der Waals surface area contributed by atoms with Crippen molar-refractivity contribution in [2.45, 2.75) is 39.2 Å². The minimum atomic E-state index is -0.702. The number of allylic oxidation sites excluding steroid dienone is 2. The fourth-order valence-corrected chi connectivity index (χ4v) is 1.38. The number of aromatic hydroxyl groups is 1. The second kappa shape index (κ2) is 9.21. The van der Waals surface area contributed by atoms with Crippen molar-refractivity contribution in [1.29, 1.82) is 0 Å². The zero-order chi connectivity index (χ0) is 15.6. The van der Waals surface area contributed by atoms with Crippen LogP contribution in [0.2, 0.25) is 0 Å². The van der Waals surface area contributed by atoms with Gasteiger partial charge < -0.3 is 14.9 Å². The number of benzene rings is 1. The highest BCUT2D eigenvalue weighted by Crippen LogP contribution is 2.23. The molecule has 1 rings (SSSR count). The van der Waals surface area contributed by atoms with Crippen LogP contribution >= 0.6 is 0 Å². The molecule has 20 heavy (non-hydrogen) atoms. The van der Waals surface area contributed by atoms with Crippen molar-refractivity contribution in [3.8, 4) is 11.5 Å². The van der Waals surface area contributed by atoms with Gasteiger partial charge in [0.15, 0.2) is 11.5 Å². The normalized spacial score (nSPS) is 12.4. The molecule has 1 aromatic rings. The first-order chi connectivity index (χ1) is 9.32. The van der Waals surface area contributed by atoms with Crippen molar-refractivity contribution in [1.82, 2.24) is 0 Å². The van der Waals surface area contributed by atoms with E-state index in [-0.39, 0.29) is 5.75 Å². The number of aliphatic hydroxyl groups is 1. The number of phenols is 1. The van der Waals surface area contributed by atoms with Gasteiger partial charge in [-0.05, 0) is 45.7 Å². The Bertz CT molecular complexity index is 430. The molecule has 1 atom stereocenters. The molecule has 1 unspecified atom stereocenters. The highest BCUT2D eigenvalue weighted by molar-refractivity contribution is 5.37. The van der Waals surface area contributed by atoms with Crippen molar-refractivity contribution in [2.24, 2.45) is 0 Å². The summed E-state index contributed by atoms with van der Waals surface area (Å²) in [7, 11) is 1.52. The second-order valence-electron chi connectivity index (χ2n) is 5.05. The predicted octanol–water partition coefficient (Wildman–Crippen LogP) is 4.07. The Morgan fingerprint density at radius 2 is 1.95 bits per heavy atom. The van der Waals surface area contributed by atoms with Crippen LogP contribution in [-0.4, -0.2) is 22.9 Å². The van der Waals surface area contributed by atoms with Crippen molar-refractivity contribution in [3.05, 3.63) is 48.6 Å². The van der Waals surface area contributed by atoms with Crippen LogP contribution in [0.3, 0.4) is 0 Å². The maximum absolute atomic E-state index is 9.49. The molecule has 0 bridgehead atoms. The summed E-state index contributed by atoms with van der Waals surface area (Å²) < 4.78 is 4.79. The zero-order valence-corrected chi connectivity index (χ0v) is 12.9. The van der Waals surface area contributed by atoms with Crippen LogP contribution in [0, 0.1) is 0 Å². The minimum Gasteiger partial charge on any atom is -0.504 e. The first-order valence-corrected chi connectivity index (χ1v) is 6.63. The van der Waals surface area contributed by atoms with Crippen molar-refractivity contribution >= 4 is 0 Å². The van der Waals surface area contributed by atoms with Crippen molar-refractivity contribution < 1.29 is 14.9 Å². The lowest BCUT2D eigenvalue weighted by atomic mass is 10.00. The van der Waals surface area contributed by atoms with E-state index in [0.717, 1.165) is 12.8 Å². The van der Waals surface area contributed by atoms with Crippen LogP contribution < -0.4 is 4.74 Å². The van der Waals surface area contributed by atoms with Gasteiger partial charge in [0.1, 0.15) is 0 Å². The molecule has 3 nitrogen and oxygen atoms in total. The van der Waals surface area contributed by atoms with Gasteiger partial charge >= 0.3 is 0 Å². The first kappa shape index (κ1) is 18.3. The Hall–Kier alpha value is -1.74. The summed E-state index contributed by atoms with van der Waals surface area (Å²) in [5, 5.41) is 18.5. The summed E-state index contributed by atoms with van der Waals surface area (Å²) in [6, 6.07) is 6.84. The van der Waals surface area contributed by atoms with Crippen molar-refractivity contribution in [2.75, 3.05) is 7.11 Å². The number of hydrogen-bond donors (Lipinski definition) is 2. The monoisotopic (exact) mass is 278 g/mol. The van der Waals surface area contributed by atoms with Crippen molar-refractivity contribution in [3.63, 3.8) is 0 Å². The smallest absolute Gasteiger partial charge is 0.160 e. The van der Waals surface area contributed by atoms with E-state index in [2.05, 4.69) is 26.5 Å². The number of para-hydroxylation sites is 2. The summed E-state index contributed by atoms with van der Waals surface area (Å²) in [5.41, 5.74) is 0.594. The maximum Gasteiger partial charge on any atom is 0.160 e. The SMILES string of the molecule is C=CC(C)(O)CCC=C(C)C.COc1ccccc1O. The molecule has 0 saturated carbocycles. The van der Waals surface area contributed by atoms with Gasteiger partial charge in [-0.25, -0.2) is 0 Å². The fourth-order valence-electron chi connectivity index (χ4n) is 1.38. The van der Waals surface area contributed by atoms with E-state index >= 15 is 0 Å². The quantitative estimate of drug-likeness (QED) is 0.798. The van der Waals surface area contributed by atoms with Crippen LogP contribution in [0.25, 0.3) is 0 Å². The van der Waals surface area contributed by atoms with E-state index in [4.69, 9.17) is 9.84 Å². The lowest BCUT2D eigenvalue weighted by Gasteiger charge is -2.16. The Morgan fingerprint density at radius 3 is 2.35 bits per heavy atom. The van der Waals surface area contributed by atoms with E-state index in [9.17, 15) is 5.11 Å². The molecule has 0 radical (unpaired) electrons. The molecule has 0 aliphatic rings. The molecule has 2 N–H and O–H groups in total. The molecule has 0 aromatic heterocycles. The molecule has 0 saturated heterocycles. The minimum absolute atomic E-state index is 0.181. The molecule has 0 spiro atoms. The number of phenolic OH excluding ortho intramolecular Hbond substituents is 1. The fraction of sp³-hybridized carbons (Fsp3) is 0.412. The van der Waals surface area contributed by atoms with Gasteiger partial charge in [0.2, 0.25) is 0 Å². The van der Waals surface area contributed by atoms with Gasteiger partial charge in [0.25, 0.3) is 0 Å². The third-order valence-corrected chi connectivity index (χ3v) is 2.73. The molecular formula is C17H26O3. The summed E-state index contributed by atoms with van der Waals surface area (Å²) in [6.45, 7) is 9.45. The van der Waals surface area contributed by atoms with Gasteiger partial charge in [-0.15, -0.1) is 6.58 Å². The number of hydrogen-bond acceptors (Lipinski definition) is 3. The van der Waals surface area contributed by atoms with Gasteiger partial charge in [-0.3, -0.25) is 0 Å². The van der Waals surface area contributed by atoms with Gasteiger partial charge in [-0.2, -0.15) is 0 Å². The summed E-state index contributed by atoms with van der Waals surface area (Å²) in [5.74, 6) is 0.692. The van der Waals surface area contributed by atoms with Crippen LogP contribution in [0.5, 0.6) is 11.5 Å². The Morgan fingerprint density at radius 1 is 1.35 bits per heavy atom. The molecule has 0 fully saturated rings.